The molecule has 0 bridgehead atoms. The maximum atomic E-state index is 5.46. The number of anilines is 1. The highest BCUT2D eigenvalue weighted by Gasteiger charge is 2.28. The molecule has 2 fully saturated rings. The first-order chi connectivity index (χ1) is 14.2. The summed E-state index contributed by atoms with van der Waals surface area (Å²) < 4.78 is 5.46. The first-order valence-corrected chi connectivity index (χ1v) is 10.5. The lowest BCUT2D eigenvalue weighted by Crippen LogP contribution is -2.40. The second kappa shape index (κ2) is 7.59. The van der Waals surface area contributed by atoms with Gasteiger partial charge in [0, 0.05) is 41.3 Å². The van der Waals surface area contributed by atoms with E-state index in [1.54, 1.807) is 7.11 Å². The highest BCUT2D eigenvalue weighted by atomic mass is 16.5. The van der Waals surface area contributed by atoms with Crippen LogP contribution in [0.4, 0.5) is 5.82 Å². The van der Waals surface area contributed by atoms with Gasteiger partial charge in [-0.25, -0.2) is 0 Å². The Balaban J connectivity index is 1.57. The van der Waals surface area contributed by atoms with Gasteiger partial charge in [0.15, 0.2) is 5.82 Å². The van der Waals surface area contributed by atoms with Crippen LogP contribution < -0.4 is 10.1 Å². The molecule has 1 saturated heterocycles. The summed E-state index contributed by atoms with van der Waals surface area (Å²) in [4.78, 5) is 6.74. The summed E-state index contributed by atoms with van der Waals surface area (Å²) in [6.07, 6.45) is 8.55. The number of piperidine rings is 1. The van der Waals surface area contributed by atoms with Gasteiger partial charge in [-0.3, -0.25) is 4.98 Å². The van der Waals surface area contributed by atoms with Gasteiger partial charge in [-0.15, -0.1) is 10.2 Å². The molecule has 0 unspecified atom stereocenters. The monoisotopic (exact) mass is 389 g/mol. The molecule has 3 heterocycles. The summed E-state index contributed by atoms with van der Waals surface area (Å²) in [5.74, 6) is 2.32. The number of fused-ring (bicyclic) bond motifs is 1. The predicted molar refractivity (Wildman–Crippen MR) is 115 cm³/mol. The largest absolute Gasteiger partial charge is 0.497 e. The van der Waals surface area contributed by atoms with E-state index in [2.05, 4.69) is 45.5 Å². The smallest absolute Gasteiger partial charge is 0.158 e. The Hall–Kier alpha value is -2.73. The zero-order chi connectivity index (χ0) is 19.8. The summed E-state index contributed by atoms with van der Waals surface area (Å²) in [5.41, 5.74) is 3.39. The highest BCUT2D eigenvalue weighted by molar-refractivity contribution is 6.00. The zero-order valence-corrected chi connectivity index (χ0v) is 17.1. The minimum absolute atomic E-state index is 0.389. The van der Waals surface area contributed by atoms with Crippen molar-refractivity contribution in [2.45, 2.75) is 37.6 Å². The van der Waals surface area contributed by atoms with E-state index in [-0.39, 0.29) is 0 Å². The fourth-order valence-corrected chi connectivity index (χ4v) is 4.40. The van der Waals surface area contributed by atoms with E-state index in [1.165, 1.54) is 24.8 Å². The lowest BCUT2D eigenvalue weighted by molar-refractivity contribution is 0.261. The Morgan fingerprint density at radius 1 is 1.10 bits per heavy atom. The Bertz CT molecular complexity index is 1030. The number of methoxy groups -OCH3 is 1. The van der Waals surface area contributed by atoms with Crippen LogP contribution in [0.2, 0.25) is 0 Å². The molecule has 0 amide bonds. The van der Waals surface area contributed by atoms with E-state index in [9.17, 15) is 0 Å². The third-order valence-electron chi connectivity index (χ3n) is 6.08. The standard InChI is InChI=1S/C23H27N5O/c1-28-11-3-4-16(14-28)25-23-21-13-24-10-9-19(21)22(26-27-23)18-8-7-17(29-2)12-20(18)15-5-6-15/h7-10,12-13,15-16H,3-6,11,14H2,1-2H3,(H,25,27)/t16-/m1/s1. The van der Waals surface area contributed by atoms with E-state index in [1.807, 2.05) is 18.5 Å². The molecule has 1 N–H and O–H groups in total. The number of pyridine rings is 1. The molecule has 1 aliphatic heterocycles. The number of benzene rings is 1. The van der Waals surface area contributed by atoms with Crippen LogP contribution >= 0.6 is 0 Å². The second-order valence-corrected chi connectivity index (χ2v) is 8.29. The molecule has 1 aromatic carbocycles. The molecule has 6 heteroatoms. The maximum absolute atomic E-state index is 5.46. The molecule has 29 heavy (non-hydrogen) atoms. The second-order valence-electron chi connectivity index (χ2n) is 8.29. The molecule has 3 aromatic rings. The number of hydrogen-bond acceptors (Lipinski definition) is 6. The van der Waals surface area contributed by atoms with Crippen molar-refractivity contribution < 1.29 is 4.74 Å². The van der Waals surface area contributed by atoms with Crippen LogP contribution in [0.1, 0.15) is 37.2 Å². The average molecular weight is 390 g/mol. The van der Waals surface area contributed by atoms with Gasteiger partial charge >= 0.3 is 0 Å². The van der Waals surface area contributed by atoms with Crippen LogP contribution in [0, 0.1) is 0 Å². The van der Waals surface area contributed by atoms with E-state index in [0.29, 0.717) is 12.0 Å². The van der Waals surface area contributed by atoms with Gasteiger partial charge in [-0.2, -0.15) is 0 Å². The van der Waals surface area contributed by atoms with Crippen molar-refractivity contribution >= 4 is 16.6 Å². The fraction of sp³-hybridized carbons (Fsp3) is 0.435. The van der Waals surface area contributed by atoms with Crippen molar-refractivity contribution in [1.29, 1.82) is 0 Å². The number of aromatic nitrogens is 3. The molecule has 0 spiro atoms. The highest BCUT2D eigenvalue weighted by Crippen LogP contribution is 2.46. The maximum Gasteiger partial charge on any atom is 0.158 e. The molecular formula is C23H27N5O. The quantitative estimate of drug-likeness (QED) is 0.709. The van der Waals surface area contributed by atoms with Crippen molar-refractivity contribution in [3.8, 4) is 17.0 Å². The predicted octanol–water partition coefficient (Wildman–Crippen LogP) is 4.08. The van der Waals surface area contributed by atoms with Crippen molar-refractivity contribution in [3.05, 3.63) is 42.2 Å². The summed E-state index contributed by atoms with van der Waals surface area (Å²) in [6, 6.07) is 8.74. The molecule has 5 rings (SSSR count). The number of rotatable bonds is 5. The first kappa shape index (κ1) is 18.3. The van der Waals surface area contributed by atoms with Crippen molar-refractivity contribution in [2.24, 2.45) is 0 Å². The van der Waals surface area contributed by atoms with Crippen LogP contribution in [-0.2, 0) is 0 Å². The van der Waals surface area contributed by atoms with Gasteiger partial charge in [-0.1, -0.05) is 0 Å². The lowest BCUT2D eigenvalue weighted by atomic mass is 9.97. The van der Waals surface area contributed by atoms with E-state index >= 15 is 0 Å². The molecule has 1 atom stereocenters. The third kappa shape index (κ3) is 3.65. The van der Waals surface area contributed by atoms with Gasteiger partial charge in [0.25, 0.3) is 0 Å². The van der Waals surface area contributed by atoms with Crippen molar-refractivity contribution in [3.63, 3.8) is 0 Å². The molecule has 6 nitrogen and oxygen atoms in total. The molecule has 150 valence electrons. The van der Waals surface area contributed by atoms with Crippen molar-refractivity contribution in [1.82, 2.24) is 20.1 Å². The summed E-state index contributed by atoms with van der Waals surface area (Å²) >= 11 is 0. The Kier molecular flexibility index (Phi) is 4.79. The van der Waals surface area contributed by atoms with Gasteiger partial charge in [0.1, 0.15) is 11.4 Å². The summed E-state index contributed by atoms with van der Waals surface area (Å²) in [5, 5.41) is 15.1. The van der Waals surface area contributed by atoms with Crippen LogP contribution in [0.15, 0.2) is 36.7 Å². The molecule has 2 aromatic heterocycles. The van der Waals surface area contributed by atoms with E-state index < -0.39 is 0 Å². The van der Waals surface area contributed by atoms with Crippen LogP contribution in [0.25, 0.3) is 22.0 Å². The molecular weight excluding hydrogens is 362 g/mol. The molecule has 1 saturated carbocycles. The van der Waals surface area contributed by atoms with Gasteiger partial charge in [0.2, 0.25) is 0 Å². The summed E-state index contributed by atoms with van der Waals surface area (Å²) in [6.45, 7) is 2.18. The van der Waals surface area contributed by atoms with Crippen LogP contribution in [-0.4, -0.2) is 53.4 Å². The van der Waals surface area contributed by atoms with Crippen LogP contribution in [0.3, 0.4) is 0 Å². The minimum Gasteiger partial charge on any atom is -0.497 e. The van der Waals surface area contributed by atoms with Gasteiger partial charge in [-0.05, 0) is 75.0 Å². The first-order valence-electron chi connectivity index (χ1n) is 10.5. The minimum atomic E-state index is 0.389. The van der Waals surface area contributed by atoms with Gasteiger partial charge < -0.3 is 15.0 Å². The SMILES string of the molecule is COc1ccc(-c2nnc(N[C@@H]3CCCN(C)C3)c3cnccc23)c(C2CC2)c1. The number of nitrogens with zero attached hydrogens (tertiary/aromatic N) is 4. The Labute approximate surface area is 171 Å². The molecule has 1 aliphatic carbocycles. The molecule has 2 aliphatic rings. The number of likely N-dealkylation sites (tertiary alicyclic amines) is 1. The Morgan fingerprint density at radius 2 is 2.00 bits per heavy atom. The summed E-state index contributed by atoms with van der Waals surface area (Å²) in [7, 11) is 3.89. The van der Waals surface area contributed by atoms with Crippen molar-refractivity contribution in [2.75, 3.05) is 32.6 Å². The average Bonchev–Trinajstić information content (AvgIpc) is 3.59. The number of hydrogen-bond donors (Lipinski definition) is 1. The van der Waals surface area contributed by atoms with E-state index in [0.717, 1.165) is 53.1 Å². The fourth-order valence-electron chi connectivity index (χ4n) is 4.40. The normalized spacial score (nSPS) is 20.0. The van der Waals surface area contributed by atoms with Gasteiger partial charge in [0.05, 0.1) is 7.11 Å². The Morgan fingerprint density at radius 3 is 2.79 bits per heavy atom. The topological polar surface area (TPSA) is 63.2 Å². The third-order valence-corrected chi connectivity index (χ3v) is 6.08. The van der Waals surface area contributed by atoms with E-state index in [4.69, 9.17) is 9.84 Å². The molecule has 0 radical (unpaired) electrons. The number of likely N-dealkylation sites (N-methyl/N-ethyl adjacent to an activating group) is 1. The number of ether oxygens (including phenoxy) is 1. The van der Waals surface area contributed by atoms with Crippen LogP contribution in [0.5, 0.6) is 5.75 Å². The lowest BCUT2D eigenvalue weighted by Gasteiger charge is -2.30. The number of nitrogens with one attached hydrogen (secondary N) is 1. The zero-order valence-electron chi connectivity index (χ0n) is 17.1.